The molecule has 1 aromatic rings. The van der Waals surface area contributed by atoms with E-state index in [9.17, 15) is 20.0 Å². The van der Waals surface area contributed by atoms with Crippen molar-refractivity contribution in [2.75, 3.05) is 18.8 Å². The highest BCUT2D eigenvalue weighted by Gasteiger charge is 2.28. The number of carbonyl (C=O) groups excluding carboxylic acids is 1. The van der Waals surface area contributed by atoms with E-state index in [1.807, 2.05) is 0 Å². The van der Waals surface area contributed by atoms with Crippen molar-refractivity contribution in [2.45, 2.75) is 25.9 Å². The first-order valence-electron chi connectivity index (χ1n) is 6.91. The molecule has 21 heavy (non-hydrogen) atoms. The largest absolute Gasteiger partial charge is 0.393 e. The summed E-state index contributed by atoms with van der Waals surface area (Å²) in [7, 11) is 0. The van der Waals surface area contributed by atoms with Gasteiger partial charge in [0.05, 0.1) is 11.0 Å². The van der Waals surface area contributed by atoms with Gasteiger partial charge in [0.1, 0.15) is 5.69 Å². The summed E-state index contributed by atoms with van der Waals surface area (Å²) in [6.45, 7) is 2.78. The van der Waals surface area contributed by atoms with Crippen molar-refractivity contribution in [3.63, 3.8) is 0 Å². The highest BCUT2D eigenvalue weighted by atomic mass is 16.6. The third-order valence-electron chi connectivity index (χ3n) is 3.90. The van der Waals surface area contributed by atoms with E-state index < -0.39 is 11.0 Å². The zero-order valence-corrected chi connectivity index (χ0v) is 11.9. The van der Waals surface area contributed by atoms with E-state index in [1.54, 1.807) is 11.8 Å². The minimum Gasteiger partial charge on any atom is -0.393 e. The lowest BCUT2D eigenvalue weighted by Crippen LogP contribution is -2.42. The molecule has 1 aromatic carbocycles. The van der Waals surface area contributed by atoms with Crippen molar-refractivity contribution in [1.29, 1.82) is 0 Å². The Morgan fingerprint density at radius 3 is 2.90 bits per heavy atom. The summed E-state index contributed by atoms with van der Waals surface area (Å²) < 4.78 is 0. The minimum atomic E-state index is -0.596. The average Bonchev–Trinajstić information content (AvgIpc) is 2.46. The van der Waals surface area contributed by atoms with E-state index in [4.69, 9.17) is 5.73 Å². The maximum absolute atomic E-state index is 12.4. The Bertz CT molecular complexity index is 559. The zero-order valence-electron chi connectivity index (χ0n) is 11.9. The first-order valence-corrected chi connectivity index (χ1v) is 6.91. The highest BCUT2D eigenvalue weighted by Crippen LogP contribution is 2.25. The average molecular weight is 293 g/mol. The molecule has 0 bridgehead atoms. The van der Waals surface area contributed by atoms with Gasteiger partial charge in [-0.25, -0.2) is 0 Å². The maximum atomic E-state index is 12.4. The molecule has 1 heterocycles. The van der Waals surface area contributed by atoms with Crippen LogP contribution in [0, 0.1) is 16.0 Å². The second kappa shape index (κ2) is 6.09. The molecule has 0 aromatic heterocycles. The van der Waals surface area contributed by atoms with E-state index in [2.05, 4.69) is 0 Å². The monoisotopic (exact) mass is 293 g/mol. The van der Waals surface area contributed by atoms with E-state index in [1.165, 1.54) is 18.2 Å². The lowest BCUT2D eigenvalue weighted by Gasteiger charge is -2.34. The molecule has 0 aliphatic carbocycles. The number of nitrogen functional groups attached to an aromatic ring is 1. The van der Waals surface area contributed by atoms with Crippen LogP contribution in [0.5, 0.6) is 0 Å². The van der Waals surface area contributed by atoms with E-state index >= 15 is 0 Å². The molecule has 7 nitrogen and oxygen atoms in total. The topological polar surface area (TPSA) is 110 Å². The van der Waals surface area contributed by atoms with Crippen molar-refractivity contribution >= 4 is 17.3 Å². The normalized spacial score (nSPS) is 20.1. The van der Waals surface area contributed by atoms with Crippen molar-refractivity contribution in [3.8, 4) is 0 Å². The van der Waals surface area contributed by atoms with Crippen molar-refractivity contribution < 1.29 is 14.8 Å². The molecule has 0 saturated carbocycles. The summed E-state index contributed by atoms with van der Waals surface area (Å²) in [5.74, 6) is -0.213. The third kappa shape index (κ3) is 3.30. The van der Waals surface area contributed by atoms with Gasteiger partial charge in [0.25, 0.3) is 11.6 Å². The van der Waals surface area contributed by atoms with Crippen LogP contribution < -0.4 is 5.73 Å². The number of nitro groups is 1. The molecule has 2 atom stereocenters. The van der Waals surface area contributed by atoms with Gasteiger partial charge >= 0.3 is 0 Å². The summed E-state index contributed by atoms with van der Waals surface area (Å²) in [4.78, 5) is 24.4. The Kier molecular flexibility index (Phi) is 4.42. The first-order chi connectivity index (χ1) is 9.90. The number of carbonyl (C=O) groups is 1. The summed E-state index contributed by atoms with van der Waals surface area (Å²) in [6.07, 6.45) is 1.23. The van der Waals surface area contributed by atoms with Crippen LogP contribution in [-0.2, 0) is 0 Å². The molecule has 1 aliphatic rings. The molecule has 2 rings (SSSR count). The summed E-state index contributed by atoms with van der Waals surface area (Å²) in [5.41, 5.74) is 5.56. The van der Waals surface area contributed by atoms with Crippen LogP contribution in [-0.4, -0.2) is 40.0 Å². The van der Waals surface area contributed by atoms with Gasteiger partial charge in [-0.2, -0.15) is 0 Å². The second-order valence-corrected chi connectivity index (χ2v) is 5.42. The van der Waals surface area contributed by atoms with Crippen LogP contribution >= 0.6 is 0 Å². The number of aliphatic hydroxyl groups excluding tert-OH is 1. The fourth-order valence-electron chi connectivity index (χ4n) is 2.61. The standard InChI is InChI=1S/C14H19N3O4/c1-9(18)11-3-2-6-16(8-11)14(19)10-4-5-12(15)13(7-10)17(20)21/h4-5,7,9,11,18H,2-3,6,8,15H2,1H3. The molecular weight excluding hydrogens is 274 g/mol. The molecular formula is C14H19N3O4. The summed E-state index contributed by atoms with van der Waals surface area (Å²) >= 11 is 0. The number of piperidine rings is 1. The number of rotatable bonds is 3. The molecule has 1 saturated heterocycles. The van der Waals surface area contributed by atoms with Gasteiger partial charge in [-0.05, 0) is 31.9 Å². The molecule has 3 N–H and O–H groups in total. The van der Waals surface area contributed by atoms with Gasteiger partial charge in [-0.1, -0.05) is 0 Å². The van der Waals surface area contributed by atoms with Crippen LogP contribution in [0.15, 0.2) is 18.2 Å². The summed E-state index contributed by atoms with van der Waals surface area (Å²) in [6, 6.07) is 4.09. The number of aliphatic hydroxyl groups is 1. The van der Waals surface area contributed by atoms with Crippen LogP contribution in [0.25, 0.3) is 0 Å². The minimum absolute atomic E-state index is 0.0389. The molecule has 1 amide bonds. The number of amides is 1. The fraction of sp³-hybridized carbons (Fsp3) is 0.500. The Labute approximate surface area is 122 Å². The predicted octanol–water partition coefficient (Wildman–Crippen LogP) is 1.41. The number of nitro benzene ring substituents is 1. The van der Waals surface area contributed by atoms with Crippen LogP contribution in [0.3, 0.4) is 0 Å². The molecule has 7 heteroatoms. The van der Waals surface area contributed by atoms with Gasteiger partial charge in [0.2, 0.25) is 0 Å². The van der Waals surface area contributed by atoms with Crippen LogP contribution in [0.1, 0.15) is 30.1 Å². The molecule has 0 spiro atoms. The Morgan fingerprint density at radius 2 is 2.29 bits per heavy atom. The molecule has 114 valence electrons. The molecule has 1 aliphatic heterocycles. The Hall–Kier alpha value is -2.15. The smallest absolute Gasteiger partial charge is 0.292 e. The van der Waals surface area contributed by atoms with E-state index in [-0.39, 0.29) is 28.8 Å². The van der Waals surface area contributed by atoms with Gasteiger partial charge in [0, 0.05) is 30.6 Å². The molecule has 1 fully saturated rings. The van der Waals surface area contributed by atoms with Gasteiger partial charge in [-0.15, -0.1) is 0 Å². The van der Waals surface area contributed by atoms with Crippen LogP contribution in [0.2, 0.25) is 0 Å². The number of nitrogens with zero attached hydrogens (tertiary/aromatic N) is 2. The van der Waals surface area contributed by atoms with Gasteiger partial charge < -0.3 is 15.7 Å². The van der Waals surface area contributed by atoms with Crippen molar-refractivity contribution in [3.05, 3.63) is 33.9 Å². The molecule has 2 unspecified atom stereocenters. The number of nitrogens with two attached hydrogens (primary N) is 1. The van der Waals surface area contributed by atoms with Gasteiger partial charge in [0.15, 0.2) is 0 Å². The highest BCUT2D eigenvalue weighted by molar-refractivity contribution is 5.95. The number of hydrogen-bond acceptors (Lipinski definition) is 5. The van der Waals surface area contributed by atoms with E-state index in [0.29, 0.717) is 13.1 Å². The number of hydrogen-bond donors (Lipinski definition) is 2. The fourth-order valence-corrected chi connectivity index (χ4v) is 2.61. The van der Waals surface area contributed by atoms with Gasteiger partial charge in [-0.3, -0.25) is 14.9 Å². The predicted molar refractivity (Wildman–Crippen MR) is 77.8 cm³/mol. The number of anilines is 1. The molecule has 0 radical (unpaired) electrons. The lowest BCUT2D eigenvalue weighted by atomic mass is 9.93. The number of likely N-dealkylation sites (tertiary alicyclic amines) is 1. The van der Waals surface area contributed by atoms with Crippen molar-refractivity contribution in [2.24, 2.45) is 5.92 Å². The quantitative estimate of drug-likeness (QED) is 0.497. The van der Waals surface area contributed by atoms with E-state index in [0.717, 1.165) is 12.8 Å². The third-order valence-corrected chi connectivity index (χ3v) is 3.90. The first kappa shape index (κ1) is 15.2. The zero-order chi connectivity index (χ0) is 15.6. The lowest BCUT2D eigenvalue weighted by molar-refractivity contribution is -0.383. The van der Waals surface area contributed by atoms with Crippen molar-refractivity contribution in [1.82, 2.24) is 4.90 Å². The SMILES string of the molecule is CC(O)C1CCCN(C(=O)c2ccc(N)c([N+](=O)[O-])c2)C1. The maximum Gasteiger partial charge on any atom is 0.292 e. The second-order valence-electron chi connectivity index (χ2n) is 5.42. The Balaban J connectivity index is 2.20. The Morgan fingerprint density at radius 1 is 1.57 bits per heavy atom. The number of benzene rings is 1. The summed E-state index contributed by atoms with van der Waals surface area (Å²) in [5, 5.41) is 20.5. The van der Waals surface area contributed by atoms with Crippen LogP contribution in [0.4, 0.5) is 11.4 Å².